The van der Waals surface area contributed by atoms with Crippen molar-refractivity contribution in [1.82, 2.24) is 15.1 Å². The highest BCUT2D eigenvalue weighted by molar-refractivity contribution is 5.90. The van der Waals surface area contributed by atoms with Gasteiger partial charge in [0.1, 0.15) is 6.04 Å². The van der Waals surface area contributed by atoms with Crippen molar-refractivity contribution < 1.29 is 42.1 Å². The van der Waals surface area contributed by atoms with Crippen LogP contribution in [0.5, 0.6) is 0 Å². The second-order valence-electron chi connectivity index (χ2n) is 10.9. The van der Waals surface area contributed by atoms with Gasteiger partial charge in [0, 0.05) is 44.7 Å². The number of aliphatic hydroxyl groups is 1. The predicted molar refractivity (Wildman–Crippen MR) is 145 cm³/mol. The number of hydrogen-bond donors (Lipinski definition) is 2. The normalized spacial score (nSPS) is 25.4. The van der Waals surface area contributed by atoms with Crippen molar-refractivity contribution in [3.05, 3.63) is 70.8 Å². The summed E-state index contributed by atoms with van der Waals surface area (Å²) in [6, 6.07) is 13.9. The first kappa shape index (κ1) is 30.4. The monoisotopic (exact) mass is 591 g/mol. The minimum Gasteiger partial charge on any atom is -0.392 e. The van der Waals surface area contributed by atoms with Crippen LogP contribution in [0.2, 0.25) is 0 Å². The van der Waals surface area contributed by atoms with Crippen LogP contribution in [0.25, 0.3) is 0 Å². The van der Waals surface area contributed by atoms with Crippen molar-refractivity contribution in [2.24, 2.45) is 0 Å². The number of nitrogens with zero attached hydrogens (tertiary/aromatic N) is 2. The van der Waals surface area contributed by atoms with Crippen molar-refractivity contribution in [2.75, 3.05) is 39.4 Å². The van der Waals surface area contributed by atoms with E-state index < -0.39 is 30.3 Å². The zero-order valence-electron chi connectivity index (χ0n) is 23.2. The van der Waals surface area contributed by atoms with E-state index in [1.807, 2.05) is 48.5 Å². The van der Waals surface area contributed by atoms with Gasteiger partial charge in [-0.05, 0) is 29.5 Å². The number of carbonyl (C=O) groups is 2. The summed E-state index contributed by atoms with van der Waals surface area (Å²) < 4.78 is 57.0. The van der Waals surface area contributed by atoms with Crippen LogP contribution in [-0.4, -0.2) is 84.4 Å². The largest absolute Gasteiger partial charge is 0.471 e. The van der Waals surface area contributed by atoms with E-state index >= 15 is 0 Å². The van der Waals surface area contributed by atoms with Gasteiger partial charge in [-0.2, -0.15) is 13.2 Å². The van der Waals surface area contributed by atoms with Crippen LogP contribution >= 0.6 is 0 Å². The summed E-state index contributed by atoms with van der Waals surface area (Å²) in [6.07, 6.45) is -4.73. The van der Waals surface area contributed by atoms with Gasteiger partial charge in [0.05, 0.1) is 32.0 Å². The van der Waals surface area contributed by atoms with Crippen LogP contribution < -0.4 is 5.32 Å². The zero-order valence-corrected chi connectivity index (χ0v) is 23.2. The molecule has 0 spiro atoms. The highest BCUT2D eigenvalue weighted by Crippen LogP contribution is 2.38. The van der Waals surface area contributed by atoms with Crippen LogP contribution in [0, 0.1) is 0 Å². The molecule has 0 bridgehead atoms. The maximum atomic E-state index is 12.9. The van der Waals surface area contributed by atoms with E-state index in [0.29, 0.717) is 31.0 Å². The van der Waals surface area contributed by atoms with Gasteiger partial charge in [-0.25, -0.2) is 0 Å². The van der Waals surface area contributed by atoms with E-state index in [2.05, 4.69) is 10.2 Å². The van der Waals surface area contributed by atoms with E-state index in [0.717, 1.165) is 41.9 Å². The number of likely N-dealkylation sites (tertiary alicyclic amines) is 1. The second-order valence-corrected chi connectivity index (χ2v) is 10.9. The van der Waals surface area contributed by atoms with E-state index in [9.17, 15) is 27.9 Å². The molecule has 3 saturated heterocycles. The maximum absolute atomic E-state index is 12.9. The van der Waals surface area contributed by atoms with Gasteiger partial charge < -0.3 is 29.5 Å². The molecule has 42 heavy (non-hydrogen) atoms. The molecule has 3 fully saturated rings. The SMILES string of the molecule is O=C(NCc1ccc([C@H]2O[C@@H](CN3CCOCC3)C[C@@H](c3ccc(CO)cc3)O2)cc1)[C@@H]1CCCN1C(=O)C(F)(F)F. The Balaban J connectivity index is 1.23. The van der Waals surface area contributed by atoms with E-state index in [1.54, 1.807) is 0 Å². The average molecular weight is 592 g/mol. The Bertz CT molecular complexity index is 1200. The van der Waals surface area contributed by atoms with Crippen LogP contribution in [0.4, 0.5) is 13.2 Å². The van der Waals surface area contributed by atoms with Gasteiger partial charge in [-0.3, -0.25) is 14.5 Å². The lowest BCUT2D eigenvalue weighted by Gasteiger charge is -2.39. The predicted octanol–water partition coefficient (Wildman–Crippen LogP) is 3.23. The molecular weight excluding hydrogens is 555 g/mol. The molecule has 3 aliphatic rings. The third-order valence-electron chi connectivity index (χ3n) is 7.96. The number of halogens is 3. The molecule has 2 amide bonds. The number of carbonyl (C=O) groups excluding carboxylic acids is 2. The summed E-state index contributed by atoms with van der Waals surface area (Å²) in [4.78, 5) is 27.3. The minimum absolute atomic E-state index is 0.0331. The number of morpholine rings is 1. The summed E-state index contributed by atoms with van der Waals surface area (Å²) in [7, 11) is 0. The Labute approximate surface area is 242 Å². The molecule has 2 aromatic carbocycles. The standard InChI is InChI=1S/C30H36F3N3O6/c31-30(32,33)29(39)36-11-1-2-25(36)27(38)34-17-20-3-9-23(10-4-20)28-41-24(18-35-12-14-40-15-13-35)16-26(42-28)22-7-5-21(19-37)6-8-22/h3-10,24-26,28,37H,1-2,11-19H2,(H,34,38)/t24-,25+,26+,28+/m1/s1. The smallest absolute Gasteiger partial charge is 0.392 e. The number of nitrogens with one attached hydrogen (secondary N) is 1. The molecule has 12 heteroatoms. The number of aliphatic hydroxyl groups excluding tert-OH is 1. The lowest BCUT2D eigenvalue weighted by Crippen LogP contribution is -2.50. The molecule has 0 saturated carbocycles. The number of alkyl halides is 3. The Morgan fingerprint density at radius 1 is 0.929 bits per heavy atom. The molecular formula is C30H36F3N3O6. The van der Waals surface area contributed by atoms with Crippen LogP contribution in [0.3, 0.4) is 0 Å². The minimum atomic E-state index is -5.01. The molecule has 0 unspecified atom stereocenters. The first-order valence-electron chi connectivity index (χ1n) is 14.3. The Morgan fingerprint density at radius 2 is 1.60 bits per heavy atom. The molecule has 4 atom stereocenters. The first-order valence-corrected chi connectivity index (χ1v) is 14.3. The Kier molecular flexibility index (Phi) is 9.79. The fraction of sp³-hybridized carbons (Fsp3) is 0.533. The molecule has 0 radical (unpaired) electrons. The quantitative estimate of drug-likeness (QED) is 0.486. The number of ether oxygens (including phenoxy) is 3. The number of amides is 2. The van der Waals surface area contributed by atoms with Crippen molar-refractivity contribution in [3.8, 4) is 0 Å². The molecule has 228 valence electrons. The molecule has 9 nitrogen and oxygen atoms in total. The van der Waals surface area contributed by atoms with Crippen LogP contribution in [-0.2, 0) is 37.0 Å². The topological polar surface area (TPSA) is 101 Å². The lowest BCUT2D eigenvalue weighted by atomic mass is 9.99. The first-order chi connectivity index (χ1) is 20.2. The Hall–Kier alpha value is -3.03. The van der Waals surface area contributed by atoms with Gasteiger partial charge in [-0.15, -0.1) is 0 Å². The molecule has 0 aromatic heterocycles. The highest BCUT2D eigenvalue weighted by Gasteiger charge is 2.47. The summed E-state index contributed by atoms with van der Waals surface area (Å²) in [5, 5.41) is 12.1. The molecule has 3 aliphatic heterocycles. The molecule has 2 aromatic rings. The van der Waals surface area contributed by atoms with Crippen molar-refractivity contribution in [2.45, 2.75) is 63.1 Å². The number of rotatable bonds is 8. The Morgan fingerprint density at radius 3 is 2.26 bits per heavy atom. The van der Waals surface area contributed by atoms with Gasteiger partial charge in [0.25, 0.3) is 0 Å². The van der Waals surface area contributed by atoms with Gasteiger partial charge in [0.2, 0.25) is 5.91 Å². The zero-order chi connectivity index (χ0) is 29.7. The van der Waals surface area contributed by atoms with Gasteiger partial charge in [-0.1, -0.05) is 48.5 Å². The summed E-state index contributed by atoms with van der Waals surface area (Å²) >= 11 is 0. The van der Waals surface area contributed by atoms with Gasteiger partial charge in [0.15, 0.2) is 6.29 Å². The number of benzene rings is 2. The molecule has 2 N–H and O–H groups in total. The molecule has 0 aliphatic carbocycles. The maximum Gasteiger partial charge on any atom is 0.471 e. The third kappa shape index (κ3) is 7.48. The van der Waals surface area contributed by atoms with Crippen molar-refractivity contribution in [3.63, 3.8) is 0 Å². The summed E-state index contributed by atoms with van der Waals surface area (Å²) in [6.45, 7) is 3.78. The average Bonchev–Trinajstić information content (AvgIpc) is 3.50. The lowest BCUT2D eigenvalue weighted by molar-refractivity contribution is -0.253. The van der Waals surface area contributed by atoms with Crippen molar-refractivity contribution >= 4 is 11.8 Å². The van der Waals surface area contributed by atoms with Crippen molar-refractivity contribution in [1.29, 1.82) is 0 Å². The highest BCUT2D eigenvalue weighted by atomic mass is 19.4. The fourth-order valence-electron chi connectivity index (χ4n) is 5.65. The summed E-state index contributed by atoms with van der Waals surface area (Å²) in [5.41, 5.74) is 3.36. The molecule has 5 rings (SSSR count). The van der Waals surface area contributed by atoms with E-state index in [4.69, 9.17) is 14.2 Å². The van der Waals surface area contributed by atoms with E-state index in [-0.39, 0.29) is 38.3 Å². The van der Waals surface area contributed by atoms with Gasteiger partial charge >= 0.3 is 12.1 Å². The van der Waals surface area contributed by atoms with E-state index in [1.165, 1.54) is 0 Å². The number of hydrogen-bond acceptors (Lipinski definition) is 7. The fourth-order valence-corrected chi connectivity index (χ4v) is 5.65. The summed E-state index contributed by atoms with van der Waals surface area (Å²) in [5.74, 6) is -2.58. The third-order valence-corrected chi connectivity index (χ3v) is 7.96. The second kappa shape index (κ2) is 13.5. The van der Waals surface area contributed by atoms with Crippen LogP contribution in [0.15, 0.2) is 48.5 Å². The molecule has 3 heterocycles. The van der Waals surface area contributed by atoms with Crippen LogP contribution in [0.1, 0.15) is 53.9 Å².